The highest BCUT2D eigenvalue weighted by Gasteiger charge is 2.09. The number of para-hydroxylation sites is 2. The van der Waals surface area contributed by atoms with Crippen LogP contribution in [0.15, 0.2) is 54.6 Å². The fourth-order valence-electron chi connectivity index (χ4n) is 1.73. The standard InChI is InChI=1S/C17H18O4/c1-2-12-19-16-11-7-6-8-14(16)13-20-17(18)21-15-9-4-3-5-10-15/h3-11H,2,12-13H2,1H3. The third kappa shape index (κ3) is 4.84. The molecule has 2 aromatic carbocycles. The van der Waals surface area contributed by atoms with Gasteiger partial charge >= 0.3 is 6.16 Å². The van der Waals surface area contributed by atoms with E-state index in [9.17, 15) is 4.79 Å². The van der Waals surface area contributed by atoms with E-state index in [2.05, 4.69) is 0 Å². The van der Waals surface area contributed by atoms with E-state index < -0.39 is 6.16 Å². The van der Waals surface area contributed by atoms with E-state index in [-0.39, 0.29) is 6.61 Å². The number of carbonyl (C=O) groups is 1. The van der Waals surface area contributed by atoms with Crippen molar-refractivity contribution >= 4 is 6.16 Å². The average molecular weight is 286 g/mol. The summed E-state index contributed by atoms with van der Waals surface area (Å²) in [5.74, 6) is 1.19. The molecule has 0 atom stereocenters. The topological polar surface area (TPSA) is 44.8 Å². The van der Waals surface area contributed by atoms with Crippen LogP contribution in [0.5, 0.6) is 11.5 Å². The summed E-state index contributed by atoms with van der Waals surface area (Å²) < 4.78 is 15.8. The molecule has 4 heteroatoms. The molecule has 21 heavy (non-hydrogen) atoms. The van der Waals surface area contributed by atoms with Crippen LogP contribution in [0.25, 0.3) is 0 Å². The lowest BCUT2D eigenvalue weighted by Gasteiger charge is -2.11. The zero-order valence-electron chi connectivity index (χ0n) is 12.0. The maximum Gasteiger partial charge on any atom is 0.514 e. The maximum atomic E-state index is 11.6. The van der Waals surface area contributed by atoms with Gasteiger partial charge < -0.3 is 14.2 Å². The molecule has 110 valence electrons. The Labute approximate surface area is 124 Å². The minimum Gasteiger partial charge on any atom is -0.493 e. The molecule has 2 aromatic rings. The normalized spacial score (nSPS) is 9.95. The predicted octanol–water partition coefficient (Wildman–Crippen LogP) is 4.19. The van der Waals surface area contributed by atoms with Crippen LogP contribution >= 0.6 is 0 Å². The lowest BCUT2D eigenvalue weighted by atomic mass is 10.2. The summed E-state index contributed by atoms with van der Waals surface area (Å²) in [6.45, 7) is 2.79. The second kappa shape index (κ2) is 7.94. The maximum absolute atomic E-state index is 11.6. The van der Waals surface area contributed by atoms with Gasteiger partial charge in [0, 0.05) is 5.56 Å². The van der Waals surface area contributed by atoms with Crippen LogP contribution in [-0.4, -0.2) is 12.8 Å². The van der Waals surface area contributed by atoms with Gasteiger partial charge in [-0.1, -0.05) is 43.3 Å². The highest BCUT2D eigenvalue weighted by atomic mass is 16.7. The molecule has 0 aliphatic rings. The quantitative estimate of drug-likeness (QED) is 0.590. The van der Waals surface area contributed by atoms with Crippen LogP contribution < -0.4 is 9.47 Å². The van der Waals surface area contributed by atoms with Crippen molar-refractivity contribution in [3.05, 3.63) is 60.2 Å². The summed E-state index contributed by atoms with van der Waals surface area (Å²) >= 11 is 0. The number of hydrogen-bond donors (Lipinski definition) is 0. The molecule has 0 fully saturated rings. The van der Waals surface area contributed by atoms with E-state index in [1.807, 2.05) is 37.3 Å². The van der Waals surface area contributed by atoms with Crippen molar-refractivity contribution in [2.45, 2.75) is 20.0 Å². The predicted molar refractivity (Wildman–Crippen MR) is 79.5 cm³/mol. The Hall–Kier alpha value is -2.49. The van der Waals surface area contributed by atoms with E-state index in [0.717, 1.165) is 17.7 Å². The smallest absolute Gasteiger partial charge is 0.493 e. The molecule has 0 unspecified atom stereocenters. The van der Waals surface area contributed by atoms with Gasteiger partial charge in [-0.25, -0.2) is 4.79 Å². The molecule has 0 bridgehead atoms. The average Bonchev–Trinajstić information content (AvgIpc) is 2.52. The third-order valence-electron chi connectivity index (χ3n) is 2.72. The molecule has 0 aromatic heterocycles. The lowest BCUT2D eigenvalue weighted by Crippen LogP contribution is -2.11. The summed E-state index contributed by atoms with van der Waals surface area (Å²) in [5, 5.41) is 0. The number of rotatable bonds is 6. The van der Waals surface area contributed by atoms with Gasteiger partial charge in [0.25, 0.3) is 0 Å². The zero-order chi connectivity index (χ0) is 14.9. The number of carbonyl (C=O) groups excluding carboxylic acids is 1. The van der Waals surface area contributed by atoms with Crippen LogP contribution in [0, 0.1) is 0 Å². The Bertz CT molecular complexity index is 566. The summed E-state index contributed by atoms with van der Waals surface area (Å²) in [6.07, 6.45) is 0.192. The number of hydrogen-bond acceptors (Lipinski definition) is 4. The molecule has 0 aliphatic heterocycles. The van der Waals surface area contributed by atoms with Gasteiger partial charge in [-0.2, -0.15) is 0 Å². The second-order valence-corrected chi connectivity index (χ2v) is 4.41. The monoisotopic (exact) mass is 286 g/mol. The minimum atomic E-state index is -0.730. The molecular formula is C17H18O4. The first-order chi connectivity index (χ1) is 10.3. The fourth-order valence-corrected chi connectivity index (χ4v) is 1.73. The first-order valence-corrected chi connectivity index (χ1v) is 6.90. The van der Waals surface area contributed by atoms with Crippen molar-refractivity contribution in [3.63, 3.8) is 0 Å². The van der Waals surface area contributed by atoms with Gasteiger partial charge in [-0.3, -0.25) is 0 Å². The van der Waals surface area contributed by atoms with Gasteiger partial charge in [0.1, 0.15) is 18.1 Å². The van der Waals surface area contributed by atoms with Crippen LogP contribution in [0.1, 0.15) is 18.9 Å². The van der Waals surface area contributed by atoms with Gasteiger partial charge in [-0.15, -0.1) is 0 Å². The van der Waals surface area contributed by atoms with E-state index in [1.165, 1.54) is 0 Å². The number of ether oxygens (including phenoxy) is 3. The van der Waals surface area contributed by atoms with Crippen molar-refractivity contribution in [1.29, 1.82) is 0 Å². The molecule has 0 radical (unpaired) electrons. The molecule has 0 saturated carbocycles. The van der Waals surface area contributed by atoms with Crippen LogP contribution in [0.2, 0.25) is 0 Å². The van der Waals surface area contributed by atoms with Crippen molar-refractivity contribution in [2.24, 2.45) is 0 Å². The molecular weight excluding hydrogens is 268 g/mol. The molecule has 4 nitrogen and oxygen atoms in total. The van der Waals surface area contributed by atoms with E-state index in [0.29, 0.717) is 12.4 Å². The Morgan fingerprint density at radius 1 is 1.00 bits per heavy atom. The van der Waals surface area contributed by atoms with Crippen molar-refractivity contribution in [3.8, 4) is 11.5 Å². The highest BCUT2D eigenvalue weighted by molar-refractivity contribution is 5.63. The van der Waals surface area contributed by atoms with E-state index in [1.54, 1.807) is 24.3 Å². The molecule has 0 aliphatic carbocycles. The van der Waals surface area contributed by atoms with Gasteiger partial charge in [0.2, 0.25) is 0 Å². The Morgan fingerprint density at radius 3 is 2.48 bits per heavy atom. The van der Waals surface area contributed by atoms with Crippen LogP contribution in [-0.2, 0) is 11.3 Å². The molecule has 0 heterocycles. The van der Waals surface area contributed by atoms with Crippen molar-refractivity contribution in [1.82, 2.24) is 0 Å². The largest absolute Gasteiger partial charge is 0.514 e. The van der Waals surface area contributed by atoms with Gasteiger partial charge in [-0.05, 0) is 24.6 Å². The van der Waals surface area contributed by atoms with Gasteiger partial charge in [0.05, 0.1) is 6.61 Å². The second-order valence-electron chi connectivity index (χ2n) is 4.41. The van der Waals surface area contributed by atoms with Crippen molar-refractivity contribution < 1.29 is 19.0 Å². The minimum absolute atomic E-state index is 0.117. The summed E-state index contributed by atoms with van der Waals surface area (Å²) in [4.78, 5) is 11.6. The number of benzene rings is 2. The molecule has 2 rings (SSSR count). The molecule has 0 N–H and O–H groups in total. The molecule has 0 amide bonds. The molecule has 0 saturated heterocycles. The summed E-state index contributed by atoms with van der Waals surface area (Å²) in [7, 11) is 0. The Morgan fingerprint density at radius 2 is 1.71 bits per heavy atom. The SMILES string of the molecule is CCCOc1ccccc1COC(=O)Oc1ccccc1. The zero-order valence-corrected chi connectivity index (χ0v) is 12.0. The van der Waals surface area contributed by atoms with Crippen LogP contribution in [0.4, 0.5) is 4.79 Å². The van der Waals surface area contributed by atoms with Crippen molar-refractivity contribution in [2.75, 3.05) is 6.61 Å². The third-order valence-corrected chi connectivity index (χ3v) is 2.72. The van der Waals surface area contributed by atoms with E-state index in [4.69, 9.17) is 14.2 Å². The Kier molecular flexibility index (Phi) is 5.64. The summed E-state index contributed by atoms with van der Waals surface area (Å²) in [6, 6.07) is 16.3. The molecule has 0 spiro atoms. The lowest BCUT2D eigenvalue weighted by molar-refractivity contribution is 0.0918. The highest BCUT2D eigenvalue weighted by Crippen LogP contribution is 2.19. The first-order valence-electron chi connectivity index (χ1n) is 6.90. The Balaban J connectivity index is 1.89. The fraction of sp³-hybridized carbons (Fsp3) is 0.235. The first kappa shape index (κ1) is 14.9. The van der Waals surface area contributed by atoms with Crippen LogP contribution in [0.3, 0.4) is 0 Å². The van der Waals surface area contributed by atoms with E-state index >= 15 is 0 Å². The van der Waals surface area contributed by atoms with Gasteiger partial charge in [0.15, 0.2) is 0 Å². The summed E-state index contributed by atoms with van der Waals surface area (Å²) in [5.41, 5.74) is 0.816.